The van der Waals surface area contributed by atoms with Crippen LogP contribution in [0, 0.1) is 0 Å². The van der Waals surface area contributed by atoms with Crippen LogP contribution in [0.25, 0.3) is 77.7 Å². The Hall–Kier alpha value is -6.64. The summed E-state index contributed by atoms with van der Waals surface area (Å²) in [7, 11) is 0. The van der Waals surface area contributed by atoms with Gasteiger partial charge in [0.1, 0.15) is 0 Å². The molecule has 8 aromatic carbocycles. The van der Waals surface area contributed by atoms with Crippen LogP contribution in [0.5, 0.6) is 0 Å². The monoisotopic (exact) mass is 646 g/mol. The van der Waals surface area contributed by atoms with Crippen LogP contribution in [0.2, 0.25) is 0 Å². The first kappa shape index (κ1) is 28.2. The number of fused-ring (bicyclic) bond motifs is 12. The van der Waals surface area contributed by atoms with Crippen LogP contribution in [0.4, 0.5) is 0 Å². The molecule has 51 heavy (non-hydrogen) atoms. The molecule has 1 aromatic heterocycles. The molecule has 0 amide bonds. The maximum absolute atomic E-state index is 5.16. The summed E-state index contributed by atoms with van der Waals surface area (Å²) in [5.41, 5.74) is 15.2. The third-order valence-electron chi connectivity index (χ3n) is 11.0. The lowest BCUT2D eigenvalue weighted by Gasteiger charge is -2.30. The molecule has 0 bridgehead atoms. The quantitative estimate of drug-likeness (QED) is 0.191. The van der Waals surface area contributed by atoms with Crippen molar-refractivity contribution >= 4 is 21.5 Å². The predicted octanol–water partition coefficient (Wildman–Crippen LogP) is 12.1. The van der Waals surface area contributed by atoms with Gasteiger partial charge in [0.25, 0.3) is 0 Å². The topological polar surface area (TPSA) is 25.8 Å². The van der Waals surface area contributed by atoms with Crippen LogP contribution in [0.3, 0.4) is 0 Å². The van der Waals surface area contributed by atoms with E-state index in [-0.39, 0.29) is 0 Å². The van der Waals surface area contributed by atoms with E-state index in [2.05, 4.69) is 170 Å². The molecule has 1 spiro atoms. The van der Waals surface area contributed by atoms with Crippen LogP contribution < -0.4 is 0 Å². The minimum absolute atomic E-state index is 0.420. The molecule has 0 atom stereocenters. The molecule has 2 nitrogen and oxygen atoms in total. The highest BCUT2D eigenvalue weighted by molar-refractivity contribution is 6.03. The van der Waals surface area contributed by atoms with Crippen LogP contribution in [0.1, 0.15) is 22.3 Å². The molecule has 236 valence electrons. The molecule has 0 aliphatic heterocycles. The van der Waals surface area contributed by atoms with Gasteiger partial charge in [-0.05, 0) is 102 Å². The Labute approximate surface area is 296 Å². The van der Waals surface area contributed by atoms with Gasteiger partial charge >= 0.3 is 0 Å². The molecule has 0 saturated heterocycles. The summed E-state index contributed by atoms with van der Waals surface area (Å²) in [5, 5.41) is 4.91. The van der Waals surface area contributed by atoms with E-state index < -0.39 is 5.41 Å². The highest BCUT2D eigenvalue weighted by Crippen LogP contribution is 2.63. The summed E-state index contributed by atoms with van der Waals surface area (Å²) in [6.45, 7) is 0. The largest absolute Gasteiger partial charge is 0.228 e. The Morgan fingerprint density at radius 3 is 1.35 bits per heavy atom. The zero-order valence-corrected chi connectivity index (χ0v) is 27.7. The lowest BCUT2D eigenvalue weighted by atomic mass is 9.70. The maximum Gasteiger partial charge on any atom is 0.160 e. The van der Waals surface area contributed by atoms with Gasteiger partial charge < -0.3 is 0 Å². The van der Waals surface area contributed by atoms with E-state index in [4.69, 9.17) is 9.97 Å². The summed E-state index contributed by atoms with van der Waals surface area (Å²) >= 11 is 0. The SMILES string of the molecule is c1ccc(-c2cc(-c3ccccc3)nc(-c3ccc4cc5c(cc4c3)C3(c4ccccc4-c4ccccc43)c3cc4ccccc4cc3-5)n2)cc1. The van der Waals surface area contributed by atoms with E-state index in [0.717, 1.165) is 33.9 Å². The Kier molecular flexibility index (Phi) is 5.91. The van der Waals surface area contributed by atoms with E-state index in [9.17, 15) is 0 Å². The number of rotatable bonds is 3. The summed E-state index contributed by atoms with van der Waals surface area (Å²) in [4.78, 5) is 10.3. The van der Waals surface area contributed by atoms with Gasteiger partial charge in [0.2, 0.25) is 0 Å². The Morgan fingerprint density at radius 1 is 0.294 bits per heavy atom. The first-order valence-electron chi connectivity index (χ1n) is 17.6. The fourth-order valence-electron chi connectivity index (χ4n) is 8.79. The third kappa shape index (κ3) is 4.05. The van der Waals surface area contributed by atoms with Gasteiger partial charge in [-0.1, -0.05) is 146 Å². The molecule has 0 fully saturated rings. The average molecular weight is 647 g/mol. The van der Waals surface area contributed by atoms with Crippen molar-refractivity contribution in [3.05, 3.63) is 204 Å². The van der Waals surface area contributed by atoms with Crippen molar-refractivity contribution in [2.45, 2.75) is 5.41 Å². The van der Waals surface area contributed by atoms with E-state index >= 15 is 0 Å². The first-order valence-corrected chi connectivity index (χ1v) is 17.6. The van der Waals surface area contributed by atoms with Gasteiger partial charge in [-0.3, -0.25) is 0 Å². The van der Waals surface area contributed by atoms with Crippen LogP contribution in [-0.4, -0.2) is 9.97 Å². The van der Waals surface area contributed by atoms with Crippen molar-refractivity contribution in [3.8, 4) is 56.2 Å². The van der Waals surface area contributed by atoms with Gasteiger partial charge in [0, 0.05) is 16.7 Å². The van der Waals surface area contributed by atoms with E-state index in [1.54, 1.807) is 0 Å². The average Bonchev–Trinajstić information content (AvgIpc) is 3.65. The van der Waals surface area contributed by atoms with Crippen molar-refractivity contribution < 1.29 is 0 Å². The molecule has 2 heteroatoms. The Morgan fingerprint density at radius 2 is 0.765 bits per heavy atom. The normalized spacial score (nSPS) is 13.3. The molecular formula is C49H30N2. The van der Waals surface area contributed by atoms with E-state index in [1.807, 2.05) is 12.1 Å². The van der Waals surface area contributed by atoms with Crippen LogP contribution in [-0.2, 0) is 5.41 Å². The summed E-state index contributed by atoms with van der Waals surface area (Å²) < 4.78 is 0. The molecule has 11 rings (SSSR count). The highest BCUT2D eigenvalue weighted by Gasteiger charge is 2.51. The fraction of sp³-hybridized carbons (Fsp3) is 0.0204. The number of hydrogen-bond donors (Lipinski definition) is 0. The maximum atomic E-state index is 5.16. The first-order chi connectivity index (χ1) is 25.3. The minimum atomic E-state index is -0.420. The van der Waals surface area contributed by atoms with Crippen LogP contribution in [0.15, 0.2) is 182 Å². The third-order valence-corrected chi connectivity index (χ3v) is 11.0. The molecular weight excluding hydrogens is 617 g/mol. The van der Waals surface area contributed by atoms with Gasteiger partial charge in [0.05, 0.1) is 16.8 Å². The second-order valence-corrected chi connectivity index (χ2v) is 13.7. The molecule has 0 radical (unpaired) electrons. The van der Waals surface area contributed by atoms with E-state index in [1.165, 1.54) is 66.1 Å². The lowest BCUT2D eigenvalue weighted by molar-refractivity contribution is 0.796. The van der Waals surface area contributed by atoms with Crippen molar-refractivity contribution in [1.82, 2.24) is 9.97 Å². The molecule has 0 saturated carbocycles. The van der Waals surface area contributed by atoms with Crippen LogP contribution >= 0.6 is 0 Å². The molecule has 0 N–H and O–H groups in total. The number of nitrogens with zero attached hydrogens (tertiary/aromatic N) is 2. The van der Waals surface area contributed by atoms with Gasteiger partial charge in [0.15, 0.2) is 5.82 Å². The van der Waals surface area contributed by atoms with Crippen molar-refractivity contribution in [1.29, 1.82) is 0 Å². The lowest BCUT2D eigenvalue weighted by Crippen LogP contribution is -2.25. The summed E-state index contributed by atoms with van der Waals surface area (Å²) in [5.74, 6) is 0.721. The number of benzene rings is 8. The van der Waals surface area contributed by atoms with Gasteiger partial charge in [-0.25, -0.2) is 9.97 Å². The molecule has 9 aromatic rings. The fourth-order valence-corrected chi connectivity index (χ4v) is 8.79. The Bertz CT molecular complexity index is 2750. The second kappa shape index (κ2) is 10.7. The van der Waals surface area contributed by atoms with Crippen molar-refractivity contribution in [2.24, 2.45) is 0 Å². The zero-order chi connectivity index (χ0) is 33.5. The molecule has 0 unspecified atom stereocenters. The highest BCUT2D eigenvalue weighted by atomic mass is 14.9. The smallest absolute Gasteiger partial charge is 0.160 e. The molecule has 1 heterocycles. The second-order valence-electron chi connectivity index (χ2n) is 13.7. The summed E-state index contributed by atoms with van der Waals surface area (Å²) in [6.07, 6.45) is 0. The van der Waals surface area contributed by atoms with Gasteiger partial charge in [-0.15, -0.1) is 0 Å². The Balaban J connectivity index is 1.18. The van der Waals surface area contributed by atoms with Gasteiger partial charge in [-0.2, -0.15) is 0 Å². The predicted molar refractivity (Wildman–Crippen MR) is 210 cm³/mol. The number of hydrogen-bond acceptors (Lipinski definition) is 2. The minimum Gasteiger partial charge on any atom is -0.228 e. The number of aromatic nitrogens is 2. The summed E-state index contributed by atoms with van der Waals surface area (Å²) in [6, 6.07) is 66.1. The molecule has 2 aliphatic rings. The van der Waals surface area contributed by atoms with E-state index in [0.29, 0.717) is 0 Å². The molecule has 2 aliphatic carbocycles. The zero-order valence-electron chi connectivity index (χ0n) is 27.7. The standard InChI is InChI=1S/C49H30N2/c1-3-13-31(14-4-1)46-30-47(32-15-5-2-6-16-32)51-48(50-46)36-24-23-35-27-41-40-26-33-17-7-8-18-34(33)28-44(40)49(45(41)29-37(35)25-36)42-21-11-9-19-38(42)39-20-10-12-22-43(39)49/h1-30H. The van der Waals surface area contributed by atoms with Crippen molar-refractivity contribution in [3.63, 3.8) is 0 Å². The van der Waals surface area contributed by atoms with Crippen molar-refractivity contribution in [2.75, 3.05) is 0 Å².